The minimum atomic E-state index is -0.154. The number of hydrogen-bond donors (Lipinski definition) is 0. The number of nitrogens with zero attached hydrogens (tertiary/aromatic N) is 2. The number of alkyl halides is 1. The molecule has 96 valence electrons. The summed E-state index contributed by atoms with van der Waals surface area (Å²) in [5.74, 6) is 1.47. The molecule has 1 atom stereocenters. The predicted molar refractivity (Wildman–Crippen MR) is 69.0 cm³/mol. The van der Waals surface area contributed by atoms with Gasteiger partial charge >= 0.3 is 0 Å². The van der Waals surface area contributed by atoms with Gasteiger partial charge in [-0.05, 0) is 6.07 Å². The van der Waals surface area contributed by atoms with Gasteiger partial charge in [-0.2, -0.15) is 0 Å². The van der Waals surface area contributed by atoms with Crippen molar-refractivity contribution in [3.05, 3.63) is 41.7 Å². The summed E-state index contributed by atoms with van der Waals surface area (Å²) in [6.07, 6.45) is 4.60. The second-order valence-electron chi connectivity index (χ2n) is 3.88. The Labute approximate surface area is 111 Å². The van der Waals surface area contributed by atoms with Crippen LogP contribution in [0.1, 0.15) is 29.3 Å². The zero-order valence-electron chi connectivity index (χ0n) is 10.4. The van der Waals surface area contributed by atoms with Crippen LogP contribution < -0.4 is 4.74 Å². The monoisotopic (exact) mass is 266 g/mol. The number of hydrogen-bond acceptors (Lipinski definition) is 4. The van der Waals surface area contributed by atoms with Crippen molar-refractivity contribution in [2.45, 2.75) is 25.1 Å². The van der Waals surface area contributed by atoms with Gasteiger partial charge in [0, 0.05) is 30.2 Å². The molecule has 5 heteroatoms. The summed E-state index contributed by atoms with van der Waals surface area (Å²) in [7, 11) is 1.58. The number of ether oxygens (including phenoxy) is 1. The lowest BCUT2D eigenvalue weighted by molar-refractivity contribution is 0.396. The van der Waals surface area contributed by atoms with Gasteiger partial charge in [0.25, 0.3) is 0 Å². The van der Waals surface area contributed by atoms with E-state index in [4.69, 9.17) is 20.8 Å². The number of rotatable bonds is 5. The molecule has 0 radical (unpaired) electrons. The van der Waals surface area contributed by atoms with Crippen LogP contribution >= 0.6 is 11.6 Å². The first kappa shape index (κ1) is 12.9. The van der Waals surface area contributed by atoms with Crippen molar-refractivity contribution in [2.24, 2.45) is 0 Å². The summed E-state index contributed by atoms with van der Waals surface area (Å²) in [4.78, 5) is 8.15. The van der Waals surface area contributed by atoms with Crippen LogP contribution in [0.3, 0.4) is 0 Å². The lowest BCUT2D eigenvalue weighted by Gasteiger charge is -2.09. The van der Waals surface area contributed by atoms with Gasteiger partial charge in [-0.1, -0.05) is 6.92 Å². The lowest BCUT2D eigenvalue weighted by Crippen LogP contribution is -2.01. The fourth-order valence-electron chi connectivity index (χ4n) is 1.81. The molecule has 0 amide bonds. The van der Waals surface area contributed by atoms with E-state index in [2.05, 4.69) is 9.97 Å². The molecule has 0 aromatic carbocycles. The van der Waals surface area contributed by atoms with Crippen LogP contribution in [0, 0.1) is 0 Å². The number of aromatic nitrogens is 2. The van der Waals surface area contributed by atoms with Crippen molar-refractivity contribution in [3.63, 3.8) is 0 Å². The molecule has 18 heavy (non-hydrogen) atoms. The third-order valence-corrected chi connectivity index (χ3v) is 3.12. The highest BCUT2D eigenvalue weighted by Gasteiger charge is 2.16. The Hall–Kier alpha value is -1.55. The second-order valence-corrected chi connectivity index (χ2v) is 4.40. The summed E-state index contributed by atoms with van der Waals surface area (Å²) >= 11 is 6.40. The zero-order valence-corrected chi connectivity index (χ0v) is 11.1. The van der Waals surface area contributed by atoms with Crippen LogP contribution in [0.5, 0.6) is 5.88 Å². The number of halogens is 1. The standard InChI is InChI=1S/C13H15ClN2O2/c1-3-12-10(4-5-18-12)11(14)6-9-7-13(17-2)16-8-15-9/h4-5,7-8,11H,3,6H2,1-2H3. The maximum Gasteiger partial charge on any atom is 0.216 e. The topological polar surface area (TPSA) is 48.2 Å². The lowest BCUT2D eigenvalue weighted by atomic mass is 10.1. The van der Waals surface area contributed by atoms with E-state index in [0.29, 0.717) is 12.3 Å². The number of furan rings is 1. The first-order chi connectivity index (χ1) is 8.74. The third-order valence-electron chi connectivity index (χ3n) is 2.73. The van der Waals surface area contributed by atoms with Gasteiger partial charge in [0.05, 0.1) is 18.8 Å². The Morgan fingerprint density at radius 1 is 1.44 bits per heavy atom. The van der Waals surface area contributed by atoms with Gasteiger partial charge in [-0.25, -0.2) is 9.97 Å². The van der Waals surface area contributed by atoms with E-state index in [0.717, 1.165) is 23.4 Å². The highest BCUT2D eigenvalue weighted by molar-refractivity contribution is 6.21. The first-order valence-corrected chi connectivity index (χ1v) is 6.23. The minimum Gasteiger partial charge on any atom is -0.481 e. The Morgan fingerprint density at radius 2 is 2.28 bits per heavy atom. The Kier molecular flexibility index (Phi) is 4.20. The maximum atomic E-state index is 6.40. The largest absolute Gasteiger partial charge is 0.481 e. The van der Waals surface area contributed by atoms with Crippen molar-refractivity contribution in [1.29, 1.82) is 0 Å². The fraction of sp³-hybridized carbons (Fsp3) is 0.385. The van der Waals surface area contributed by atoms with Crippen molar-refractivity contribution >= 4 is 11.6 Å². The molecule has 0 bridgehead atoms. The molecule has 0 N–H and O–H groups in total. The molecule has 0 aliphatic heterocycles. The van der Waals surface area contributed by atoms with Gasteiger partial charge in [-0.3, -0.25) is 0 Å². The average molecular weight is 267 g/mol. The van der Waals surface area contributed by atoms with E-state index in [-0.39, 0.29) is 5.38 Å². The highest BCUT2D eigenvalue weighted by atomic mass is 35.5. The summed E-state index contributed by atoms with van der Waals surface area (Å²) in [5, 5.41) is -0.154. The Morgan fingerprint density at radius 3 is 3.00 bits per heavy atom. The molecule has 1 unspecified atom stereocenters. The maximum absolute atomic E-state index is 6.40. The van der Waals surface area contributed by atoms with E-state index < -0.39 is 0 Å². The van der Waals surface area contributed by atoms with Gasteiger partial charge in [0.15, 0.2) is 0 Å². The molecule has 0 aliphatic carbocycles. The molecule has 0 spiro atoms. The van der Waals surface area contributed by atoms with Gasteiger partial charge in [-0.15, -0.1) is 11.6 Å². The Bertz CT molecular complexity index is 513. The van der Waals surface area contributed by atoms with Crippen molar-refractivity contribution in [3.8, 4) is 5.88 Å². The van der Waals surface area contributed by atoms with E-state index in [1.165, 1.54) is 6.33 Å². The van der Waals surface area contributed by atoms with E-state index in [1.807, 2.05) is 13.0 Å². The molecular formula is C13H15ClN2O2. The van der Waals surface area contributed by atoms with Crippen LogP contribution in [0.25, 0.3) is 0 Å². The second kappa shape index (κ2) is 5.87. The summed E-state index contributed by atoms with van der Waals surface area (Å²) in [6.45, 7) is 2.04. The number of aryl methyl sites for hydroxylation is 1. The molecular weight excluding hydrogens is 252 g/mol. The van der Waals surface area contributed by atoms with Gasteiger partial charge < -0.3 is 9.15 Å². The zero-order chi connectivity index (χ0) is 13.0. The normalized spacial score (nSPS) is 12.4. The molecule has 0 saturated carbocycles. The van der Waals surface area contributed by atoms with E-state index >= 15 is 0 Å². The van der Waals surface area contributed by atoms with Gasteiger partial charge in [0.2, 0.25) is 5.88 Å². The molecule has 2 aromatic rings. The minimum absolute atomic E-state index is 0.154. The summed E-state index contributed by atoms with van der Waals surface area (Å²) in [6, 6.07) is 3.70. The van der Waals surface area contributed by atoms with Crippen molar-refractivity contribution in [1.82, 2.24) is 9.97 Å². The highest BCUT2D eigenvalue weighted by Crippen LogP contribution is 2.28. The molecule has 0 saturated heterocycles. The predicted octanol–water partition coefficient (Wildman–Crippen LogP) is 3.16. The van der Waals surface area contributed by atoms with E-state index in [1.54, 1.807) is 19.4 Å². The number of methoxy groups -OCH3 is 1. The van der Waals surface area contributed by atoms with Crippen LogP contribution in [0.4, 0.5) is 0 Å². The fourth-order valence-corrected chi connectivity index (χ4v) is 2.16. The summed E-state index contributed by atoms with van der Waals surface area (Å²) < 4.78 is 10.4. The van der Waals surface area contributed by atoms with Crippen molar-refractivity contribution in [2.75, 3.05) is 7.11 Å². The van der Waals surface area contributed by atoms with Gasteiger partial charge in [0.1, 0.15) is 12.1 Å². The molecule has 0 fully saturated rings. The molecule has 2 heterocycles. The van der Waals surface area contributed by atoms with Crippen molar-refractivity contribution < 1.29 is 9.15 Å². The smallest absolute Gasteiger partial charge is 0.216 e. The average Bonchev–Trinajstić information content (AvgIpc) is 2.87. The Balaban J connectivity index is 2.13. The van der Waals surface area contributed by atoms with E-state index in [9.17, 15) is 0 Å². The molecule has 2 aromatic heterocycles. The van der Waals surface area contributed by atoms with Crippen LogP contribution in [-0.2, 0) is 12.8 Å². The summed E-state index contributed by atoms with van der Waals surface area (Å²) in [5.41, 5.74) is 1.88. The molecule has 2 rings (SSSR count). The van der Waals surface area contributed by atoms with Crippen LogP contribution in [0.15, 0.2) is 29.1 Å². The third kappa shape index (κ3) is 2.82. The molecule has 0 aliphatic rings. The SMILES string of the molecule is CCc1occc1C(Cl)Cc1cc(OC)ncn1. The van der Waals surface area contributed by atoms with Crippen LogP contribution in [0.2, 0.25) is 0 Å². The quantitative estimate of drug-likeness (QED) is 0.780. The molecule has 4 nitrogen and oxygen atoms in total. The first-order valence-electron chi connectivity index (χ1n) is 5.79. The van der Waals surface area contributed by atoms with Crippen LogP contribution in [-0.4, -0.2) is 17.1 Å².